The number of benzene rings is 2. The van der Waals surface area contributed by atoms with Crippen LogP contribution in [0.1, 0.15) is 0 Å². The summed E-state index contributed by atoms with van der Waals surface area (Å²) < 4.78 is 52.2. The van der Waals surface area contributed by atoms with Gasteiger partial charge in [0.1, 0.15) is 12.4 Å². The first-order valence-electron chi connectivity index (χ1n) is 8.11. The van der Waals surface area contributed by atoms with Gasteiger partial charge in [0.15, 0.2) is 5.83 Å². The van der Waals surface area contributed by atoms with Crippen molar-refractivity contribution in [2.24, 2.45) is 0 Å². The molecule has 0 saturated carbocycles. The molecule has 0 unspecified atom stereocenters. The molecule has 0 atom stereocenters. The van der Waals surface area contributed by atoms with Crippen LogP contribution in [0.5, 0.6) is 0 Å². The molecule has 2 aromatic carbocycles. The van der Waals surface area contributed by atoms with Gasteiger partial charge in [0.2, 0.25) is 0 Å². The zero-order valence-electron chi connectivity index (χ0n) is 14.6. The molecule has 8 heteroatoms. The topological polar surface area (TPSA) is 34.9 Å². The van der Waals surface area contributed by atoms with E-state index in [1.54, 1.807) is 23.9 Å². The minimum absolute atomic E-state index is 0.124. The van der Waals surface area contributed by atoms with Crippen molar-refractivity contribution in [3.63, 3.8) is 0 Å². The molecule has 0 aliphatic rings. The third-order valence-corrected chi connectivity index (χ3v) is 4.81. The van der Waals surface area contributed by atoms with Crippen LogP contribution in [0.25, 0.3) is 22.3 Å². The minimum atomic E-state index is -2.51. The van der Waals surface area contributed by atoms with Crippen molar-refractivity contribution in [2.45, 2.75) is 11.4 Å². The molecule has 0 amide bonds. The van der Waals surface area contributed by atoms with E-state index in [9.17, 15) is 22.4 Å². The smallest absolute Gasteiger partial charge is 0.267 e. The molecule has 0 radical (unpaired) electrons. The second-order valence-electron chi connectivity index (χ2n) is 5.80. The van der Waals surface area contributed by atoms with Crippen LogP contribution in [-0.2, 0) is 6.54 Å². The molecule has 0 aliphatic carbocycles. The standard InChI is InChI=1S/C20H14F4N2OS/c1-28-15-8-4-12(5-9-15)16-10-25-26(11-17(22)19(23)24)20(27)18(16)13-2-6-14(21)7-3-13/h2-10H,11H2,1H3. The van der Waals surface area contributed by atoms with Gasteiger partial charge >= 0.3 is 6.08 Å². The molecule has 0 bridgehead atoms. The summed E-state index contributed by atoms with van der Waals surface area (Å²) in [4.78, 5) is 13.9. The third kappa shape index (κ3) is 4.17. The molecule has 0 spiro atoms. The molecule has 3 aromatic rings. The highest BCUT2D eigenvalue weighted by Gasteiger charge is 2.17. The monoisotopic (exact) mass is 406 g/mol. The zero-order valence-corrected chi connectivity index (χ0v) is 15.4. The highest BCUT2D eigenvalue weighted by Crippen LogP contribution is 2.30. The summed E-state index contributed by atoms with van der Waals surface area (Å²) in [6.45, 7) is -0.985. The third-order valence-electron chi connectivity index (χ3n) is 4.07. The molecule has 0 N–H and O–H groups in total. The fourth-order valence-electron chi connectivity index (χ4n) is 2.68. The molecular formula is C20H14F4N2OS. The van der Waals surface area contributed by atoms with Crippen molar-refractivity contribution in [2.75, 3.05) is 6.26 Å². The highest BCUT2D eigenvalue weighted by molar-refractivity contribution is 7.98. The Morgan fingerprint density at radius 1 is 1.00 bits per heavy atom. The number of aromatic nitrogens is 2. The maximum absolute atomic E-state index is 13.4. The molecule has 1 heterocycles. The quantitative estimate of drug-likeness (QED) is 0.414. The molecule has 28 heavy (non-hydrogen) atoms. The number of allylic oxidation sites excluding steroid dienone is 1. The van der Waals surface area contributed by atoms with Gasteiger partial charge in [-0.1, -0.05) is 24.3 Å². The van der Waals surface area contributed by atoms with E-state index in [1.165, 1.54) is 30.5 Å². The van der Waals surface area contributed by atoms with Crippen LogP contribution in [0.2, 0.25) is 0 Å². The van der Waals surface area contributed by atoms with E-state index in [0.29, 0.717) is 21.4 Å². The van der Waals surface area contributed by atoms with Crippen molar-refractivity contribution in [3.05, 3.63) is 82.8 Å². The van der Waals surface area contributed by atoms with E-state index in [2.05, 4.69) is 5.10 Å². The van der Waals surface area contributed by atoms with Crippen LogP contribution >= 0.6 is 11.8 Å². The molecule has 0 aliphatic heterocycles. The Bertz CT molecular complexity index is 1070. The van der Waals surface area contributed by atoms with Gasteiger partial charge in [0, 0.05) is 10.5 Å². The Balaban J connectivity index is 2.21. The number of rotatable bonds is 5. The van der Waals surface area contributed by atoms with Crippen LogP contribution < -0.4 is 5.56 Å². The molecule has 1 aromatic heterocycles. The highest BCUT2D eigenvalue weighted by atomic mass is 32.2. The van der Waals surface area contributed by atoms with Gasteiger partial charge in [-0.25, -0.2) is 13.5 Å². The van der Waals surface area contributed by atoms with Gasteiger partial charge in [0.05, 0.1) is 11.8 Å². The summed E-state index contributed by atoms with van der Waals surface area (Å²) >= 11 is 1.55. The predicted molar refractivity (Wildman–Crippen MR) is 101 cm³/mol. The molecule has 0 fully saturated rings. The summed E-state index contributed by atoms with van der Waals surface area (Å²) in [7, 11) is 0. The Morgan fingerprint density at radius 3 is 2.18 bits per heavy atom. The minimum Gasteiger partial charge on any atom is -0.267 e. The number of hydrogen-bond acceptors (Lipinski definition) is 3. The van der Waals surface area contributed by atoms with Crippen LogP contribution in [-0.4, -0.2) is 16.0 Å². The van der Waals surface area contributed by atoms with Gasteiger partial charge in [0.25, 0.3) is 5.56 Å². The normalized spacial score (nSPS) is 10.8. The average molecular weight is 406 g/mol. The van der Waals surface area contributed by atoms with Gasteiger partial charge in [-0.05, 0) is 41.6 Å². The van der Waals surface area contributed by atoms with Crippen molar-refractivity contribution in [3.8, 4) is 22.3 Å². The summed E-state index contributed by atoms with van der Waals surface area (Å²) in [5.74, 6) is -2.23. The Labute approximate surface area is 162 Å². The van der Waals surface area contributed by atoms with Crippen molar-refractivity contribution in [1.29, 1.82) is 0 Å². The van der Waals surface area contributed by atoms with Crippen LogP contribution in [0.15, 0.2) is 76.3 Å². The summed E-state index contributed by atoms with van der Waals surface area (Å²) in [6, 6.07) is 12.5. The Hall–Kier alpha value is -2.87. The second kappa shape index (κ2) is 8.43. The fourth-order valence-corrected chi connectivity index (χ4v) is 3.09. The first-order valence-corrected chi connectivity index (χ1v) is 9.33. The van der Waals surface area contributed by atoms with Gasteiger partial charge in [-0.2, -0.15) is 13.9 Å². The van der Waals surface area contributed by atoms with Crippen molar-refractivity contribution in [1.82, 2.24) is 9.78 Å². The Kier molecular flexibility index (Phi) is 5.99. The lowest BCUT2D eigenvalue weighted by atomic mass is 9.97. The van der Waals surface area contributed by atoms with Crippen LogP contribution in [0, 0.1) is 5.82 Å². The molecule has 0 saturated heterocycles. The van der Waals surface area contributed by atoms with E-state index >= 15 is 0 Å². The Morgan fingerprint density at radius 2 is 1.61 bits per heavy atom. The van der Waals surface area contributed by atoms with E-state index in [0.717, 1.165) is 4.90 Å². The zero-order chi connectivity index (χ0) is 20.3. The van der Waals surface area contributed by atoms with Gasteiger partial charge in [-0.3, -0.25) is 4.79 Å². The fraction of sp³-hybridized carbons (Fsp3) is 0.100. The first kappa shape index (κ1) is 19.9. The number of hydrogen-bond donors (Lipinski definition) is 0. The summed E-state index contributed by atoms with van der Waals surface area (Å²) in [5, 5.41) is 3.84. The average Bonchev–Trinajstić information content (AvgIpc) is 2.70. The lowest BCUT2D eigenvalue weighted by molar-refractivity contribution is 0.359. The van der Waals surface area contributed by atoms with Gasteiger partial charge < -0.3 is 0 Å². The largest absolute Gasteiger partial charge is 0.303 e. The van der Waals surface area contributed by atoms with E-state index < -0.39 is 29.8 Å². The molecule has 3 rings (SSSR count). The van der Waals surface area contributed by atoms with Crippen LogP contribution in [0.3, 0.4) is 0 Å². The first-order chi connectivity index (χ1) is 13.4. The summed E-state index contributed by atoms with van der Waals surface area (Å²) in [5.41, 5.74) is 0.845. The molecule has 144 valence electrons. The molecule has 3 nitrogen and oxygen atoms in total. The van der Waals surface area contributed by atoms with Crippen LogP contribution in [0.4, 0.5) is 17.6 Å². The number of nitrogens with zero attached hydrogens (tertiary/aromatic N) is 2. The SMILES string of the molecule is CSc1ccc(-c2cnn(CC(F)=C(F)F)c(=O)c2-c2ccc(F)cc2)cc1. The maximum Gasteiger partial charge on any atom is 0.303 e. The van der Waals surface area contributed by atoms with E-state index in [-0.39, 0.29) is 5.56 Å². The number of halogens is 4. The van der Waals surface area contributed by atoms with E-state index in [4.69, 9.17) is 0 Å². The number of thioether (sulfide) groups is 1. The van der Waals surface area contributed by atoms with Crippen molar-refractivity contribution >= 4 is 11.8 Å². The van der Waals surface area contributed by atoms with Gasteiger partial charge in [-0.15, -0.1) is 11.8 Å². The second-order valence-corrected chi connectivity index (χ2v) is 6.68. The molecular weight excluding hydrogens is 392 g/mol. The summed E-state index contributed by atoms with van der Waals surface area (Å²) in [6.07, 6.45) is 0.736. The van der Waals surface area contributed by atoms with E-state index in [1.807, 2.05) is 18.4 Å². The maximum atomic E-state index is 13.4. The predicted octanol–water partition coefficient (Wildman–Crippen LogP) is 5.52. The lowest BCUT2D eigenvalue weighted by Crippen LogP contribution is -2.25. The van der Waals surface area contributed by atoms with Crippen molar-refractivity contribution < 1.29 is 17.6 Å². The lowest BCUT2D eigenvalue weighted by Gasteiger charge is -2.12.